The molecular weight excluding hydrogens is 865 g/mol. The number of allylic oxidation sites excluding steroid dienone is 5. The maximum atomic E-state index is 2.54. The summed E-state index contributed by atoms with van der Waals surface area (Å²) in [5, 5.41) is 25.8. The molecule has 0 saturated carbocycles. The Morgan fingerprint density at radius 2 is 0.500 bits per heavy atom. The number of hydrogen-bond acceptors (Lipinski definition) is 0. The molecule has 0 unspecified atom stereocenters. The van der Waals surface area contributed by atoms with Crippen molar-refractivity contribution in [3.05, 3.63) is 282 Å². The second-order valence-electron chi connectivity index (χ2n) is 20.2. The lowest BCUT2D eigenvalue weighted by molar-refractivity contribution is 1.57. The molecule has 2 aliphatic carbocycles. The van der Waals surface area contributed by atoms with Crippen molar-refractivity contribution in [3.63, 3.8) is 0 Å². The lowest BCUT2D eigenvalue weighted by Crippen LogP contribution is -1.98. The molecule has 0 aliphatic heterocycles. The molecular formula is C72H40. The quantitative estimate of drug-likeness (QED) is 0.122. The van der Waals surface area contributed by atoms with E-state index >= 15 is 0 Å². The molecule has 0 fully saturated rings. The summed E-state index contributed by atoms with van der Waals surface area (Å²) >= 11 is 0. The third kappa shape index (κ3) is 5.05. The van der Waals surface area contributed by atoms with Crippen molar-refractivity contribution in [2.45, 2.75) is 0 Å². The van der Waals surface area contributed by atoms with Crippen LogP contribution in [0.1, 0.15) is 33.4 Å². The minimum Gasteiger partial charge on any atom is -0.0622 e. The molecule has 72 heavy (non-hydrogen) atoms. The molecule has 0 N–H and O–H groups in total. The highest BCUT2D eigenvalue weighted by Gasteiger charge is 2.41. The summed E-state index contributed by atoms with van der Waals surface area (Å²) in [5.74, 6) is 0. The van der Waals surface area contributed by atoms with Crippen LogP contribution in [0.3, 0.4) is 0 Å². The average Bonchev–Trinajstić information content (AvgIpc) is 3.95. The van der Waals surface area contributed by atoms with Gasteiger partial charge in [-0.25, -0.2) is 0 Å². The lowest BCUT2D eigenvalue weighted by atomic mass is 9.81. The van der Waals surface area contributed by atoms with Crippen LogP contribution in [0.2, 0.25) is 0 Å². The van der Waals surface area contributed by atoms with Gasteiger partial charge in [0.1, 0.15) is 0 Å². The summed E-state index contributed by atoms with van der Waals surface area (Å²) in [6.45, 7) is 0. The molecule has 0 atom stereocenters. The molecule has 0 bridgehead atoms. The van der Waals surface area contributed by atoms with Gasteiger partial charge in [-0.05, 0) is 199 Å². The summed E-state index contributed by atoms with van der Waals surface area (Å²) in [7, 11) is 0. The van der Waals surface area contributed by atoms with Crippen LogP contribution in [-0.4, -0.2) is 0 Å². The normalized spacial score (nSPS) is 13.9. The first-order valence-electron chi connectivity index (χ1n) is 25.2. The van der Waals surface area contributed by atoms with Crippen LogP contribution >= 0.6 is 0 Å². The van der Waals surface area contributed by atoms with Gasteiger partial charge in [0.05, 0.1) is 0 Å². The Kier molecular flexibility index (Phi) is 7.55. The Morgan fingerprint density at radius 3 is 0.972 bits per heavy atom. The summed E-state index contributed by atoms with van der Waals surface area (Å²) in [6, 6.07) is 92.3. The van der Waals surface area contributed by atoms with Crippen LogP contribution in [0, 0.1) is 0 Å². The van der Waals surface area contributed by atoms with Crippen molar-refractivity contribution in [3.8, 4) is 0 Å². The summed E-state index contributed by atoms with van der Waals surface area (Å²) in [4.78, 5) is 0. The van der Waals surface area contributed by atoms with Crippen LogP contribution in [0.5, 0.6) is 0 Å². The predicted octanol–water partition coefficient (Wildman–Crippen LogP) is 19.4. The lowest BCUT2D eigenvalue weighted by Gasteiger charge is -2.21. The zero-order valence-electron chi connectivity index (χ0n) is 39.1. The first-order chi connectivity index (χ1) is 35.7. The van der Waals surface area contributed by atoms with Gasteiger partial charge in [-0.1, -0.05) is 218 Å². The van der Waals surface area contributed by atoms with Gasteiger partial charge in [-0.3, -0.25) is 0 Å². The Labute approximate surface area is 415 Å². The van der Waals surface area contributed by atoms with Gasteiger partial charge in [0.2, 0.25) is 0 Å². The van der Waals surface area contributed by atoms with E-state index in [-0.39, 0.29) is 0 Å². The first kappa shape index (κ1) is 38.5. The van der Waals surface area contributed by atoms with Crippen LogP contribution < -0.4 is 0 Å². The van der Waals surface area contributed by atoms with Crippen molar-refractivity contribution >= 4 is 136 Å². The van der Waals surface area contributed by atoms with Crippen LogP contribution in [0.15, 0.2) is 248 Å². The summed E-state index contributed by atoms with van der Waals surface area (Å²) < 4.78 is 0. The van der Waals surface area contributed by atoms with Crippen molar-refractivity contribution in [1.29, 1.82) is 0 Å². The standard InChI is InChI=1S/C72H40/c1-3-13-41(14-4-1)67-61-39-49-37-59-53-23-9-7-21-51(53)52-22-8-10-24-54(52)60(59)38-50(49)40-62(61)71-68(42-15-5-2-6-16-42)69(57-35-31-47-27-25-43-17-11-19-45-29-33-55(57)65(47)63(43)45)70(72(67)71)58-36-32-48-28-26-44-18-12-20-46-30-34-56(58)66(48)64(44)46/h1-40H. The Bertz CT molecular complexity index is 4950. The van der Waals surface area contributed by atoms with Gasteiger partial charge >= 0.3 is 0 Å². The second kappa shape index (κ2) is 14.1. The number of rotatable bonds is 4. The maximum Gasteiger partial charge on any atom is -0.000115 e. The van der Waals surface area contributed by atoms with Gasteiger partial charge in [0.15, 0.2) is 0 Å². The van der Waals surface area contributed by atoms with E-state index in [0.29, 0.717) is 0 Å². The van der Waals surface area contributed by atoms with Crippen LogP contribution in [0.25, 0.3) is 136 Å². The molecule has 17 rings (SSSR count). The minimum atomic E-state index is 1.22. The van der Waals surface area contributed by atoms with E-state index in [1.165, 1.54) is 175 Å². The van der Waals surface area contributed by atoms with E-state index in [0.717, 1.165) is 0 Å². The molecule has 328 valence electrons. The molecule has 2 aliphatic rings. The van der Waals surface area contributed by atoms with E-state index in [2.05, 4.69) is 243 Å². The summed E-state index contributed by atoms with van der Waals surface area (Å²) in [6.07, 6.45) is 0. The molecule has 0 radical (unpaired) electrons. The number of hydrogen-bond donors (Lipinski definition) is 0. The van der Waals surface area contributed by atoms with E-state index < -0.39 is 0 Å². The Balaban J connectivity index is 1.08. The Hall–Kier alpha value is -9.36. The Morgan fingerprint density at radius 1 is 0.153 bits per heavy atom. The number of fused-ring (bicyclic) bond motifs is 10. The molecule has 15 aromatic rings. The molecule has 0 nitrogen and oxygen atoms in total. The van der Waals surface area contributed by atoms with Crippen molar-refractivity contribution < 1.29 is 0 Å². The molecule has 15 aromatic carbocycles. The highest BCUT2D eigenvalue weighted by atomic mass is 14.4. The van der Waals surface area contributed by atoms with Crippen molar-refractivity contribution in [2.75, 3.05) is 0 Å². The van der Waals surface area contributed by atoms with Gasteiger partial charge < -0.3 is 0 Å². The van der Waals surface area contributed by atoms with Gasteiger partial charge in [0, 0.05) is 0 Å². The van der Waals surface area contributed by atoms with Crippen LogP contribution in [-0.2, 0) is 0 Å². The number of benzene rings is 15. The second-order valence-corrected chi connectivity index (χ2v) is 20.2. The van der Waals surface area contributed by atoms with Gasteiger partial charge in [0.25, 0.3) is 0 Å². The van der Waals surface area contributed by atoms with Gasteiger partial charge in [-0.15, -0.1) is 0 Å². The predicted molar refractivity (Wildman–Crippen MR) is 309 cm³/mol. The smallest absolute Gasteiger partial charge is 0.000115 e. The van der Waals surface area contributed by atoms with Crippen LogP contribution in [0.4, 0.5) is 0 Å². The minimum absolute atomic E-state index is 1.22. The zero-order chi connectivity index (χ0) is 46.8. The molecule has 0 heteroatoms. The third-order valence-electron chi connectivity index (χ3n) is 16.6. The van der Waals surface area contributed by atoms with E-state index in [4.69, 9.17) is 0 Å². The van der Waals surface area contributed by atoms with Crippen molar-refractivity contribution in [1.82, 2.24) is 0 Å². The topological polar surface area (TPSA) is 0 Å². The average molecular weight is 905 g/mol. The zero-order valence-corrected chi connectivity index (χ0v) is 39.1. The fraction of sp³-hybridized carbons (Fsp3) is 0. The fourth-order valence-electron chi connectivity index (χ4n) is 13.6. The maximum absolute atomic E-state index is 2.54. The highest BCUT2D eigenvalue weighted by molar-refractivity contribution is 6.43. The molecule has 0 saturated heterocycles. The highest BCUT2D eigenvalue weighted by Crippen LogP contribution is 2.63. The molecule has 0 aromatic heterocycles. The molecule has 0 heterocycles. The fourth-order valence-corrected chi connectivity index (χ4v) is 13.6. The van der Waals surface area contributed by atoms with E-state index in [1.54, 1.807) is 0 Å². The molecule has 0 spiro atoms. The third-order valence-corrected chi connectivity index (χ3v) is 16.6. The van der Waals surface area contributed by atoms with Gasteiger partial charge in [-0.2, -0.15) is 0 Å². The van der Waals surface area contributed by atoms with E-state index in [9.17, 15) is 0 Å². The largest absolute Gasteiger partial charge is 0.0622 e. The molecule has 0 amide bonds. The summed E-state index contributed by atoms with van der Waals surface area (Å²) in [5.41, 5.74) is 15.3. The monoisotopic (exact) mass is 904 g/mol. The first-order valence-corrected chi connectivity index (χ1v) is 25.2. The van der Waals surface area contributed by atoms with Crippen molar-refractivity contribution in [2.24, 2.45) is 0 Å². The SMILES string of the molecule is c1ccc(C2=C3C(=C(c4ccccc4)c4cc5cc6c7ccccc7c7ccccc7c6cc5cc43)C(c3ccc4ccc5cccc6ccc3c4c56)=C2c2ccc3ccc4cccc5ccc2c3c45)cc1. The van der Waals surface area contributed by atoms with E-state index in [1.807, 2.05) is 0 Å².